The summed E-state index contributed by atoms with van der Waals surface area (Å²) >= 11 is 1.65. The van der Waals surface area contributed by atoms with Crippen LogP contribution in [0.15, 0.2) is 29.8 Å². The van der Waals surface area contributed by atoms with Crippen LogP contribution >= 0.6 is 11.3 Å². The molecule has 1 aromatic heterocycles. The topological polar surface area (TPSA) is 74.2 Å². The first kappa shape index (κ1) is 16.1. The molecule has 1 saturated heterocycles. The molecule has 1 fully saturated rings. The molecule has 3 N–H and O–H groups in total. The summed E-state index contributed by atoms with van der Waals surface area (Å²) in [5.41, 5.74) is 5.29. The minimum absolute atomic E-state index is 0.0292. The van der Waals surface area contributed by atoms with Gasteiger partial charge in [-0.05, 0) is 30.9 Å². The lowest BCUT2D eigenvalue weighted by atomic mass is 10.1. The third-order valence-corrected chi connectivity index (χ3v) is 5.08. The Morgan fingerprint density at radius 2 is 2.22 bits per heavy atom. The van der Waals surface area contributed by atoms with E-state index in [0.29, 0.717) is 19.5 Å². The van der Waals surface area contributed by atoms with Crippen LogP contribution in [0, 0.1) is 6.92 Å². The minimum atomic E-state index is -0.409. The Kier molecular flexibility index (Phi) is 5.05. The van der Waals surface area contributed by atoms with Crippen LogP contribution in [0.5, 0.6) is 0 Å². The molecule has 0 radical (unpaired) electrons. The van der Waals surface area contributed by atoms with Gasteiger partial charge in [0.2, 0.25) is 5.91 Å². The molecule has 0 aliphatic carbocycles. The maximum Gasteiger partial charge on any atom is 0.237 e. The maximum absolute atomic E-state index is 11.9. The number of nitrogens with one attached hydrogen (secondary N) is 2. The standard InChI is InChI=1S/C17H21N3O2S/c1-11-16(23-10-20-11)13-4-2-12(3-5-13)6-7-18-17(22)15-8-14(21)9-19-15/h2-5,10,14-15,19,21H,6-9H2,1H3,(H,18,22)/t14-,15+/m0/s1. The van der Waals surface area contributed by atoms with Crippen molar-refractivity contribution in [1.29, 1.82) is 0 Å². The average Bonchev–Trinajstić information content (AvgIpc) is 3.16. The normalized spacial score (nSPS) is 20.6. The van der Waals surface area contributed by atoms with Crippen molar-refractivity contribution in [3.63, 3.8) is 0 Å². The monoisotopic (exact) mass is 331 g/mol. The third kappa shape index (κ3) is 3.96. The lowest BCUT2D eigenvalue weighted by Crippen LogP contribution is -2.41. The molecule has 0 bridgehead atoms. The van der Waals surface area contributed by atoms with E-state index in [-0.39, 0.29) is 11.9 Å². The van der Waals surface area contributed by atoms with Crippen molar-refractivity contribution in [3.05, 3.63) is 41.0 Å². The van der Waals surface area contributed by atoms with Crippen molar-refractivity contribution in [2.24, 2.45) is 0 Å². The maximum atomic E-state index is 11.9. The molecule has 1 amide bonds. The fraction of sp³-hybridized carbons (Fsp3) is 0.412. The molecule has 5 nitrogen and oxygen atoms in total. The Hall–Kier alpha value is -1.76. The summed E-state index contributed by atoms with van der Waals surface area (Å²) in [6.07, 6.45) is 0.881. The fourth-order valence-electron chi connectivity index (χ4n) is 2.77. The van der Waals surface area contributed by atoms with Gasteiger partial charge in [0.1, 0.15) is 0 Å². The second-order valence-corrected chi connectivity index (χ2v) is 6.71. The highest BCUT2D eigenvalue weighted by atomic mass is 32.1. The van der Waals surface area contributed by atoms with Crippen LogP contribution in [0.1, 0.15) is 17.7 Å². The van der Waals surface area contributed by atoms with Crippen LogP contribution in [0.3, 0.4) is 0 Å². The number of amides is 1. The molecular formula is C17H21N3O2S. The van der Waals surface area contributed by atoms with Crippen molar-refractivity contribution in [3.8, 4) is 10.4 Å². The zero-order valence-corrected chi connectivity index (χ0v) is 13.9. The molecule has 2 aromatic rings. The van der Waals surface area contributed by atoms with Crippen molar-refractivity contribution in [2.45, 2.75) is 31.9 Å². The van der Waals surface area contributed by atoms with Crippen molar-refractivity contribution in [2.75, 3.05) is 13.1 Å². The Morgan fingerprint density at radius 1 is 1.43 bits per heavy atom. The van der Waals surface area contributed by atoms with Crippen LogP contribution in [0.25, 0.3) is 10.4 Å². The Bertz CT molecular complexity index is 669. The summed E-state index contributed by atoms with van der Waals surface area (Å²) in [6, 6.07) is 8.14. The number of aliphatic hydroxyl groups is 1. The number of thiazole rings is 1. The van der Waals surface area contributed by atoms with E-state index in [1.807, 2.05) is 12.4 Å². The SMILES string of the molecule is Cc1ncsc1-c1ccc(CCNC(=O)[C@H]2C[C@H](O)CN2)cc1. The minimum Gasteiger partial charge on any atom is -0.392 e. The van der Waals surface area contributed by atoms with Gasteiger partial charge in [-0.3, -0.25) is 4.79 Å². The van der Waals surface area contributed by atoms with Crippen LogP contribution in [-0.4, -0.2) is 41.2 Å². The summed E-state index contributed by atoms with van der Waals surface area (Å²) in [7, 11) is 0. The van der Waals surface area contributed by atoms with E-state index in [2.05, 4.69) is 39.9 Å². The number of hydrogen-bond donors (Lipinski definition) is 3. The van der Waals surface area contributed by atoms with E-state index < -0.39 is 6.10 Å². The summed E-state index contributed by atoms with van der Waals surface area (Å²) in [6.45, 7) is 3.12. The largest absolute Gasteiger partial charge is 0.392 e. The molecule has 23 heavy (non-hydrogen) atoms. The Labute approximate surface area is 139 Å². The number of carbonyl (C=O) groups is 1. The number of aliphatic hydroxyl groups excluding tert-OH is 1. The van der Waals surface area contributed by atoms with Crippen molar-refractivity contribution in [1.82, 2.24) is 15.6 Å². The summed E-state index contributed by atoms with van der Waals surface area (Å²) in [5.74, 6) is -0.0292. The Balaban J connectivity index is 1.49. The molecule has 0 saturated carbocycles. The molecule has 1 aliphatic heterocycles. The number of rotatable bonds is 5. The van der Waals surface area contributed by atoms with Gasteiger partial charge in [-0.15, -0.1) is 11.3 Å². The van der Waals surface area contributed by atoms with Gasteiger partial charge in [0, 0.05) is 13.1 Å². The molecular weight excluding hydrogens is 310 g/mol. The van der Waals surface area contributed by atoms with Gasteiger partial charge < -0.3 is 15.7 Å². The average molecular weight is 331 g/mol. The number of carbonyl (C=O) groups excluding carboxylic acids is 1. The Morgan fingerprint density at radius 3 is 2.83 bits per heavy atom. The van der Waals surface area contributed by atoms with Crippen LogP contribution in [-0.2, 0) is 11.2 Å². The number of aromatic nitrogens is 1. The lowest BCUT2D eigenvalue weighted by Gasteiger charge is -2.11. The quantitative estimate of drug-likeness (QED) is 0.776. The molecule has 122 valence electrons. The number of aryl methyl sites for hydroxylation is 1. The van der Waals surface area contributed by atoms with Crippen LogP contribution in [0.4, 0.5) is 0 Å². The zero-order chi connectivity index (χ0) is 16.2. The number of β-amino-alcohol motifs (C(OH)–C–C–N with tert-alkyl or cyclic N) is 1. The van der Waals surface area contributed by atoms with Crippen LogP contribution < -0.4 is 10.6 Å². The van der Waals surface area contributed by atoms with E-state index in [9.17, 15) is 9.90 Å². The van der Waals surface area contributed by atoms with Gasteiger partial charge in [0.15, 0.2) is 0 Å². The van der Waals surface area contributed by atoms with E-state index in [1.54, 1.807) is 11.3 Å². The van der Waals surface area contributed by atoms with E-state index in [0.717, 1.165) is 12.1 Å². The predicted octanol–water partition coefficient (Wildman–Crippen LogP) is 1.50. The molecule has 3 rings (SSSR count). The highest BCUT2D eigenvalue weighted by Crippen LogP contribution is 2.27. The molecule has 1 aliphatic rings. The van der Waals surface area contributed by atoms with Crippen molar-refractivity contribution < 1.29 is 9.90 Å². The summed E-state index contributed by atoms with van der Waals surface area (Å²) in [4.78, 5) is 17.4. The first-order valence-electron chi connectivity index (χ1n) is 7.82. The second-order valence-electron chi connectivity index (χ2n) is 5.86. The highest BCUT2D eigenvalue weighted by molar-refractivity contribution is 7.13. The van der Waals surface area contributed by atoms with E-state index >= 15 is 0 Å². The zero-order valence-electron chi connectivity index (χ0n) is 13.1. The number of hydrogen-bond acceptors (Lipinski definition) is 5. The number of benzene rings is 1. The van der Waals surface area contributed by atoms with Gasteiger partial charge in [-0.25, -0.2) is 4.98 Å². The van der Waals surface area contributed by atoms with E-state index in [1.165, 1.54) is 16.0 Å². The molecule has 0 unspecified atom stereocenters. The smallest absolute Gasteiger partial charge is 0.237 e. The van der Waals surface area contributed by atoms with Gasteiger partial charge in [-0.2, -0.15) is 0 Å². The second kappa shape index (κ2) is 7.21. The van der Waals surface area contributed by atoms with Gasteiger partial charge in [-0.1, -0.05) is 24.3 Å². The predicted molar refractivity (Wildman–Crippen MR) is 91.4 cm³/mol. The summed E-state index contributed by atoms with van der Waals surface area (Å²) in [5, 5.41) is 15.4. The van der Waals surface area contributed by atoms with E-state index in [4.69, 9.17) is 0 Å². The molecule has 2 atom stereocenters. The first-order chi connectivity index (χ1) is 11.1. The lowest BCUT2D eigenvalue weighted by molar-refractivity contribution is -0.122. The highest BCUT2D eigenvalue weighted by Gasteiger charge is 2.27. The fourth-order valence-corrected chi connectivity index (χ4v) is 3.58. The molecule has 2 heterocycles. The molecule has 6 heteroatoms. The third-order valence-electron chi connectivity index (χ3n) is 4.10. The van der Waals surface area contributed by atoms with Crippen molar-refractivity contribution >= 4 is 17.2 Å². The number of nitrogens with zero attached hydrogens (tertiary/aromatic N) is 1. The van der Waals surface area contributed by atoms with Gasteiger partial charge in [0.25, 0.3) is 0 Å². The first-order valence-corrected chi connectivity index (χ1v) is 8.70. The molecule has 1 aromatic carbocycles. The van der Waals surface area contributed by atoms with Crippen LogP contribution in [0.2, 0.25) is 0 Å². The van der Waals surface area contributed by atoms with Gasteiger partial charge >= 0.3 is 0 Å². The molecule has 0 spiro atoms. The summed E-state index contributed by atoms with van der Waals surface area (Å²) < 4.78 is 0. The van der Waals surface area contributed by atoms with Gasteiger partial charge in [0.05, 0.1) is 28.2 Å².